The average molecular weight is 293 g/mol. The van der Waals surface area contributed by atoms with Gasteiger partial charge < -0.3 is 11.1 Å². The molecule has 0 unspecified atom stereocenters. The Kier molecular flexibility index (Phi) is 3.93. The van der Waals surface area contributed by atoms with Gasteiger partial charge in [0.2, 0.25) is 5.82 Å². The number of nitrogens with two attached hydrogens (primary N) is 1. The van der Waals surface area contributed by atoms with Crippen molar-refractivity contribution in [2.24, 2.45) is 0 Å². The van der Waals surface area contributed by atoms with E-state index in [0.717, 1.165) is 5.56 Å². The van der Waals surface area contributed by atoms with Gasteiger partial charge in [0.25, 0.3) is 0 Å². The van der Waals surface area contributed by atoms with Crippen molar-refractivity contribution in [2.45, 2.75) is 12.7 Å². The van der Waals surface area contributed by atoms with E-state index < -0.39 is 12.0 Å². The number of nitrogens with zero attached hydrogens (tertiary/aromatic N) is 3. The normalized spacial score (nSPS) is 11.0. The lowest BCUT2D eigenvalue weighted by Crippen LogP contribution is -2.14. The highest BCUT2D eigenvalue weighted by Crippen LogP contribution is 2.27. The van der Waals surface area contributed by atoms with Gasteiger partial charge in [-0.2, -0.15) is 18.4 Å². The lowest BCUT2D eigenvalue weighted by Gasteiger charge is -2.10. The lowest BCUT2D eigenvalue weighted by atomic mass is 10.1. The van der Waals surface area contributed by atoms with Crippen molar-refractivity contribution in [3.05, 3.63) is 47.3 Å². The van der Waals surface area contributed by atoms with E-state index in [1.165, 1.54) is 6.07 Å². The van der Waals surface area contributed by atoms with Crippen molar-refractivity contribution in [1.29, 1.82) is 5.26 Å². The fourth-order valence-corrected chi connectivity index (χ4v) is 1.63. The summed E-state index contributed by atoms with van der Waals surface area (Å²) >= 11 is 0. The lowest BCUT2D eigenvalue weighted by molar-refractivity contribution is -0.144. The Morgan fingerprint density at radius 2 is 2.00 bits per heavy atom. The first kappa shape index (κ1) is 14.6. The summed E-state index contributed by atoms with van der Waals surface area (Å²) in [5, 5.41) is 11.5. The van der Waals surface area contributed by atoms with Crippen molar-refractivity contribution < 1.29 is 13.2 Å². The number of halogens is 3. The van der Waals surface area contributed by atoms with Gasteiger partial charge in [0, 0.05) is 12.6 Å². The monoisotopic (exact) mass is 293 g/mol. The SMILES string of the molecule is N#Cc1cccc(CNc2cc(N)nc(C(F)(F)F)n2)c1. The van der Waals surface area contributed by atoms with Crippen LogP contribution in [0.25, 0.3) is 0 Å². The molecule has 0 fully saturated rings. The number of rotatable bonds is 3. The summed E-state index contributed by atoms with van der Waals surface area (Å²) in [6, 6.07) is 9.88. The zero-order valence-electron chi connectivity index (χ0n) is 10.6. The Balaban J connectivity index is 2.16. The zero-order valence-corrected chi connectivity index (χ0v) is 10.6. The molecule has 5 nitrogen and oxygen atoms in total. The third-order valence-corrected chi connectivity index (χ3v) is 2.53. The van der Waals surface area contributed by atoms with E-state index in [-0.39, 0.29) is 18.2 Å². The Morgan fingerprint density at radius 3 is 2.67 bits per heavy atom. The van der Waals surface area contributed by atoms with Crippen LogP contribution in [0.1, 0.15) is 17.0 Å². The fourth-order valence-electron chi connectivity index (χ4n) is 1.63. The number of nitriles is 1. The third kappa shape index (κ3) is 3.82. The van der Waals surface area contributed by atoms with Crippen molar-refractivity contribution in [2.75, 3.05) is 11.1 Å². The van der Waals surface area contributed by atoms with Gasteiger partial charge in [-0.25, -0.2) is 9.97 Å². The van der Waals surface area contributed by atoms with Gasteiger partial charge in [-0.15, -0.1) is 0 Å². The standard InChI is InChI=1S/C13H10F3N5/c14-13(15,16)12-20-10(18)5-11(21-12)19-7-9-3-1-2-8(4-9)6-17/h1-5H,7H2,(H3,18,19,20,21). The second-order valence-corrected chi connectivity index (χ2v) is 4.17. The van der Waals surface area contributed by atoms with Gasteiger partial charge in [-0.3, -0.25) is 0 Å². The molecule has 2 aromatic rings. The predicted molar refractivity (Wildman–Crippen MR) is 69.9 cm³/mol. The minimum absolute atomic E-state index is 0.0304. The number of nitrogens with one attached hydrogen (secondary N) is 1. The topological polar surface area (TPSA) is 87.6 Å². The van der Waals surface area contributed by atoms with E-state index in [0.29, 0.717) is 5.56 Å². The summed E-state index contributed by atoms with van der Waals surface area (Å²) in [4.78, 5) is 6.52. The van der Waals surface area contributed by atoms with Gasteiger partial charge in [0.1, 0.15) is 11.6 Å². The maximum atomic E-state index is 12.6. The van der Waals surface area contributed by atoms with Crippen molar-refractivity contribution >= 4 is 11.6 Å². The summed E-state index contributed by atoms with van der Waals surface area (Å²) in [6.07, 6.45) is -4.66. The highest BCUT2D eigenvalue weighted by atomic mass is 19.4. The maximum absolute atomic E-state index is 12.6. The minimum atomic E-state index is -4.66. The van der Waals surface area contributed by atoms with E-state index in [1.54, 1.807) is 24.3 Å². The number of hydrogen-bond acceptors (Lipinski definition) is 5. The van der Waals surface area contributed by atoms with Gasteiger partial charge in [0.15, 0.2) is 0 Å². The molecule has 8 heteroatoms. The zero-order chi connectivity index (χ0) is 15.5. The van der Waals surface area contributed by atoms with Crippen molar-refractivity contribution in [3.8, 4) is 6.07 Å². The predicted octanol–water partition coefficient (Wildman–Crippen LogP) is 2.56. The molecule has 21 heavy (non-hydrogen) atoms. The molecule has 0 aliphatic rings. The number of anilines is 2. The second kappa shape index (κ2) is 5.66. The molecule has 3 N–H and O–H groups in total. The van der Waals surface area contributed by atoms with E-state index in [9.17, 15) is 13.2 Å². The third-order valence-electron chi connectivity index (χ3n) is 2.53. The molecule has 0 aliphatic heterocycles. The first-order chi connectivity index (χ1) is 9.88. The molecule has 0 bridgehead atoms. The summed E-state index contributed by atoms with van der Waals surface area (Å²) in [7, 11) is 0. The minimum Gasteiger partial charge on any atom is -0.384 e. The molecule has 0 saturated carbocycles. The maximum Gasteiger partial charge on any atom is 0.451 e. The van der Waals surface area contributed by atoms with Crippen molar-refractivity contribution in [3.63, 3.8) is 0 Å². The quantitative estimate of drug-likeness (QED) is 0.908. The van der Waals surface area contributed by atoms with Gasteiger partial charge in [-0.1, -0.05) is 12.1 Å². The number of nitrogen functional groups attached to an aromatic ring is 1. The molecule has 0 saturated heterocycles. The Hall–Kier alpha value is -2.82. The van der Waals surface area contributed by atoms with E-state index >= 15 is 0 Å². The Bertz CT molecular complexity index is 691. The summed E-state index contributed by atoms with van der Waals surface area (Å²) in [6.45, 7) is 0.212. The largest absolute Gasteiger partial charge is 0.451 e. The summed E-state index contributed by atoms with van der Waals surface area (Å²) in [5.74, 6) is -1.60. The summed E-state index contributed by atoms with van der Waals surface area (Å²) < 4.78 is 37.7. The van der Waals surface area contributed by atoms with Crippen LogP contribution >= 0.6 is 0 Å². The molecule has 108 valence electrons. The van der Waals surface area contributed by atoms with Crippen LogP contribution in [0.15, 0.2) is 30.3 Å². The van der Waals surface area contributed by atoms with Crippen LogP contribution in [0, 0.1) is 11.3 Å². The highest BCUT2D eigenvalue weighted by Gasteiger charge is 2.35. The van der Waals surface area contributed by atoms with Crippen LogP contribution in [-0.2, 0) is 12.7 Å². The van der Waals surface area contributed by atoms with Crippen LogP contribution in [0.4, 0.5) is 24.8 Å². The van der Waals surface area contributed by atoms with Gasteiger partial charge >= 0.3 is 6.18 Å². The van der Waals surface area contributed by atoms with E-state index in [4.69, 9.17) is 11.0 Å². The fraction of sp³-hybridized carbons (Fsp3) is 0.154. The van der Waals surface area contributed by atoms with Crippen LogP contribution in [0.5, 0.6) is 0 Å². The van der Waals surface area contributed by atoms with Gasteiger partial charge in [-0.05, 0) is 17.7 Å². The molecule has 0 aliphatic carbocycles. The Morgan fingerprint density at radius 1 is 1.24 bits per heavy atom. The molecule has 1 aromatic heterocycles. The molecule has 2 rings (SSSR count). The van der Waals surface area contributed by atoms with Gasteiger partial charge in [0.05, 0.1) is 11.6 Å². The van der Waals surface area contributed by atoms with Crippen LogP contribution in [0.3, 0.4) is 0 Å². The molecule has 1 heterocycles. The number of aromatic nitrogens is 2. The number of benzene rings is 1. The van der Waals surface area contributed by atoms with E-state index in [2.05, 4.69) is 15.3 Å². The molecular weight excluding hydrogens is 283 g/mol. The number of alkyl halides is 3. The molecule has 0 atom stereocenters. The molecule has 0 amide bonds. The second-order valence-electron chi connectivity index (χ2n) is 4.17. The van der Waals surface area contributed by atoms with Crippen LogP contribution < -0.4 is 11.1 Å². The highest BCUT2D eigenvalue weighted by molar-refractivity contribution is 5.45. The first-order valence-corrected chi connectivity index (χ1v) is 5.83. The molecular formula is C13H10F3N5. The number of hydrogen-bond donors (Lipinski definition) is 2. The molecule has 0 radical (unpaired) electrons. The Labute approximate surface area is 118 Å². The van der Waals surface area contributed by atoms with Crippen LogP contribution in [-0.4, -0.2) is 9.97 Å². The summed E-state index contributed by atoms with van der Waals surface area (Å²) in [5.41, 5.74) is 6.54. The average Bonchev–Trinajstić information content (AvgIpc) is 2.44. The molecule has 1 aromatic carbocycles. The smallest absolute Gasteiger partial charge is 0.384 e. The van der Waals surface area contributed by atoms with Crippen molar-refractivity contribution in [1.82, 2.24) is 9.97 Å². The first-order valence-electron chi connectivity index (χ1n) is 5.83. The van der Waals surface area contributed by atoms with E-state index in [1.807, 2.05) is 6.07 Å². The van der Waals surface area contributed by atoms with Crippen LogP contribution in [0.2, 0.25) is 0 Å². The molecule has 0 spiro atoms.